The molecule has 756 valence electrons. The van der Waals surface area contributed by atoms with Crippen LogP contribution in [0.4, 0.5) is 0 Å². The Morgan fingerprint density at radius 3 is 0.810 bits per heavy atom. The van der Waals surface area contributed by atoms with Crippen molar-refractivity contribution in [3.8, 4) is 0 Å². The van der Waals surface area contributed by atoms with E-state index in [9.17, 15) is 38.4 Å². The van der Waals surface area contributed by atoms with E-state index in [0.29, 0.717) is 62.2 Å². The molecule has 1 aliphatic carbocycles. The third kappa shape index (κ3) is 46.6. The van der Waals surface area contributed by atoms with E-state index in [-0.39, 0.29) is 76.0 Å². The lowest BCUT2D eigenvalue weighted by atomic mass is 9.84. The standard InChI is InChI=1S/C19H28O2.2C16H24O2.C15H22O2.C14H20O2.2C13H17ClO2.C13H18O2/c1-4-19(2,3)18(20)21-14-15-10-12-17(13-11-15)16-8-6-5-7-9-16;1-7-16(5,6)15(17)18-10-14-8-11(2)13(4)12(3)9-14;1-6-16(4,5)15(17)18-11-13-7-9-14(10-8-13)12(2)3;1-5-12-7-9-13(10-8-12)11-17-14(16)15(3,4)6-2;1-5-14(3,4)13(15)16-10-12-8-6-11(2)7-9-12;1-4-13(2,3)12(15)16-9-10-5-7-11(14)8-6-10;1-4-13(2,3)12(15)16-9-10-6-5-7-11(14)8-10;1-4-13(2,3)12(14)15-10-11-8-6-5-7-9-11/h10-13,16H,4-9,14H2,1-3H3;8-9H,7,10H2,1-6H3;7-10,12H,6,11H2,1-5H3;7-10H,5-6,11H2,1-4H3;6-9H,5,10H2,1-4H3;2*5-8H,4,9H2,1-3H3;5-9H,4,10H2,1-3H3. The van der Waals surface area contributed by atoms with Crippen LogP contribution in [-0.4, -0.2) is 47.8 Å². The molecule has 9 rings (SSSR count). The van der Waals surface area contributed by atoms with E-state index in [1.807, 2.05) is 276 Å². The van der Waals surface area contributed by atoms with Crippen molar-refractivity contribution < 1.29 is 76.3 Å². The first-order valence-electron chi connectivity index (χ1n) is 49.4. The topological polar surface area (TPSA) is 210 Å². The molecule has 0 spiro atoms. The summed E-state index contributed by atoms with van der Waals surface area (Å²) < 4.78 is 42.5. The second-order valence-electron chi connectivity index (χ2n) is 41.2. The van der Waals surface area contributed by atoms with Gasteiger partial charge >= 0.3 is 47.8 Å². The minimum Gasteiger partial charge on any atom is -0.460 e. The van der Waals surface area contributed by atoms with E-state index in [1.54, 1.807) is 24.3 Å². The molecule has 0 saturated heterocycles. The summed E-state index contributed by atoms with van der Waals surface area (Å²) in [5.74, 6) is 0.180. The minimum atomic E-state index is -0.418. The highest BCUT2D eigenvalue weighted by molar-refractivity contribution is 6.30. The number of hydrogen-bond acceptors (Lipinski definition) is 16. The largest absolute Gasteiger partial charge is 0.460 e. The fourth-order valence-electron chi connectivity index (χ4n) is 11.8. The summed E-state index contributed by atoms with van der Waals surface area (Å²) >= 11 is 11.6. The predicted octanol–water partition coefficient (Wildman–Crippen LogP) is 31.6. The van der Waals surface area contributed by atoms with Crippen LogP contribution >= 0.6 is 23.2 Å². The summed E-state index contributed by atoms with van der Waals surface area (Å²) in [6.45, 7) is 64.0. The molecule has 0 bridgehead atoms. The fourth-order valence-corrected chi connectivity index (χ4v) is 12.1. The number of carbonyl (C=O) groups excluding carboxylic acids is 8. The Morgan fingerprint density at radius 1 is 0.277 bits per heavy atom. The summed E-state index contributed by atoms with van der Waals surface area (Å²) in [5, 5.41) is 1.34. The summed E-state index contributed by atoms with van der Waals surface area (Å²) in [7, 11) is 0. The first kappa shape index (κ1) is 123. The molecule has 16 nitrogen and oxygen atoms in total. The van der Waals surface area contributed by atoms with Crippen LogP contribution in [0.25, 0.3) is 0 Å². The van der Waals surface area contributed by atoms with Gasteiger partial charge in [0.2, 0.25) is 0 Å². The first-order valence-corrected chi connectivity index (χ1v) is 50.1. The van der Waals surface area contributed by atoms with Crippen LogP contribution in [0.5, 0.6) is 0 Å². The highest BCUT2D eigenvalue weighted by Crippen LogP contribution is 2.35. The van der Waals surface area contributed by atoms with Crippen molar-refractivity contribution in [1.82, 2.24) is 0 Å². The van der Waals surface area contributed by atoms with Crippen LogP contribution in [0.1, 0.15) is 366 Å². The molecule has 8 aromatic carbocycles. The Balaban J connectivity index is 0.000000531. The number of halogens is 2. The van der Waals surface area contributed by atoms with Crippen molar-refractivity contribution in [3.63, 3.8) is 0 Å². The Kier molecular flexibility index (Phi) is 54.7. The van der Waals surface area contributed by atoms with Gasteiger partial charge in [0.15, 0.2) is 0 Å². The van der Waals surface area contributed by atoms with Gasteiger partial charge in [-0.3, -0.25) is 38.4 Å². The van der Waals surface area contributed by atoms with Crippen molar-refractivity contribution in [1.29, 1.82) is 0 Å². The second-order valence-corrected chi connectivity index (χ2v) is 42.1. The Bertz CT molecular complexity index is 4800. The third-order valence-electron chi connectivity index (χ3n) is 26.3. The van der Waals surface area contributed by atoms with Crippen LogP contribution in [0, 0.1) is 71.0 Å². The van der Waals surface area contributed by atoms with Gasteiger partial charge in [-0.15, -0.1) is 0 Å². The maximum atomic E-state index is 12.0. The summed E-state index contributed by atoms with van der Waals surface area (Å²) in [5.41, 5.74) is 14.1. The Morgan fingerprint density at radius 2 is 0.526 bits per heavy atom. The Labute approximate surface area is 836 Å². The molecule has 0 unspecified atom stereocenters. The lowest BCUT2D eigenvalue weighted by Gasteiger charge is -2.22. The molecule has 0 radical (unpaired) electrons. The zero-order valence-corrected chi connectivity index (χ0v) is 90.9. The lowest BCUT2D eigenvalue weighted by Crippen LogP contribution is -2.25. The van der Waals surface area contributed by atoms with Crippen molar-refractivity contribution in [2.45, 2.75) is 369 Å². The van der Waals surface area contributed by atoms with Gasteiger partial charge in [-0.05, 0) is 323 Å². The number of carbonyl (C=O) groups is 8. The van der Waals surface area contributed by atoms with Gasteiger partial charge in [0, 0.05) is 10.0 Å². The van der Waals surface area contributed by atoms with E-state index in [0.717, 1.165) is 108 Å². The number of hydrogen-bond donors (Lipinski definition) is 0. The average Bonchev–Trinajstić information content (AvgIpc) is 0.836. The van der Waals surface area contributed by atoms with E-state index < -0.39 is 21.7 Å². The van der Waals surface area contributed by atoms with Crippen molar-refractivity contribution in [2.75, 3.05) is 0 Å². The Hall–Kier alpha value is -9.90. The van der Waals surface area contributed by atoms with Gasteiger partial charge in [-0.2, -0.15) is 0 Å². The normalized spacial score (nSPS) is 12.2. The number of benzene rings is 8. The SMILES string of the molecule is CCC(C)(C)C(=O)OCc1cc(C)c(C)c(C)c1.CCC(C)(C)C(=O)OCc1ccc(C(C)C)cc1.CCC(C)(C)C(=O)OCc1ccc(C)cc1.CCC(C)(C)C(=O)OCc1ccc(C2CCCCC2)cc1.CCC(C)(C)C(=O)OCc1ccc(Cl)cc1.CCC(C)(C)C(=O)OCc1cccc(Cl)c1.CCC(C)(C)C(=O)OCc1ccccc1.CCc1ccc(COC(=O)C(C)(C)CC)cc1. The van der Waals surface area contributed by atoms with Crippen molar-refractivity contribution >= 4 is 71.0 Å². The van der Waals surface area contributed by atoms with Crippen LogP contribution in [0.15, 0.2) is 188 Å². The van der Waals surface area contributed by atoms with Gasteiger partial charge in [0.05, 0.1) is 43.3 Å². The molecule has 0 heterocycles. The predicted molar refractivity (Wildman–Crippen MR) is 561 cm³/mol. The second kappa shape index (κ2) is 60.8. The minimum absolute atomic E-state index is 0.110. The quantitative estimate of drug-likeness (QED) is 0.0267. The summed E-state index contributed by atoms with van der Waals surface area (Å²) in [6.07, 6.45) is 14.1. The van der Waals surface area contributed by atoms with Crippen LogP contribution in [0.2, 0.25) is 10.0 Å². The molecular formula is C119H170Cl2O16. The molecule has 0 aliphatic heterocycles. The van der Waals surface area contributed by atoms with E-state index in [4.69, 9.17) is 61.1 Å². The van der Waals surface area contributed by atoms with Crippen LogP contribution in [-0.2, 0) is 136 Å². The molecular weight excluding hydrogens is 1760 g/mol. The lowest BCUT2D eigenvalue weighted by molar-refractivity contribution is -0.156. The van der Waals surface area contributed by atoms with E-state index in [2.05, 4.69) is 102 Å². The van der Waals surface area contributed by atoms with E-state index >= 15 is 0 Å². The maximum Gasteiger partial charge on any atom is 0.311 e. The molecule has 18 heteroatoms. The van der Waals surface area contributed by atoms with Gasteiger partial charge in [-0.1, -0.05) is 288 Å². The van der Waals surface area contributed by atoms with Crippen LogP contribution in [0.3, 0.4) is 0 Å². The molecule has 1 saturated carbocycles. The van der Waals surface area contributed by atoms with E-state index in [1.165, 1.54) is 71.0 Å². The molecule has 0 atom stereocenters. The van der Waals surface area contributed by atoms with Gasteiger partial charge in [0.25, 0.3) is 0 Å². The monoisotopic (exact) mass is 1930 g/mol. The first-order chi connectivity index (χ1) is 64.1. The highest BCUT2D eigenvalue weighted by Gasteiger charge is 2.34. The zero-order valence-electron chi connectivity index (χ0n) is 89.4. The number of ether oxygens (including phenoxy) is 8. The third-order valence-corrected chi connectivity index (χ3v) is 26.8. The smallest absolute Gasteiger partial charge is 0.311 e. The highest BCUT2D eigenvalue weighted by atomic mass is 35.5. The molecule has 0 amide bonds. The number of rotatable bonds is 35. The van der Waals surface area contributed by atoms with Gasteiger partial charge in [0.1, 0.15) is 52.9 Å². The number of esters is 8. The molecule has 0 aromatic heterocycles. The van der Waals surface area contributed by atoms with Gasteiger partial charge in [-0.25, -0.2) is 0 Å². The van der Waals surface area contributed by atoms with Crippen LogP contribution < -0.4 is 0 Å². The van der Waals surface area contributed by atoms with Crippen molar-refractivity contribution in [3.05, 3.63) is 282 Å². The number of aryl methyl sites for hydroxylation is 4. The molecule has 1 aliphatic rings. The van der Waals surface area contributed by atoms with Crippen molar-refractivity contribution in [2.24, 2.45) is 43.3 Å². The summed E-state index contributed by atoms with van der Waals surface area (Å²) in [4.78, 5) is 94.2. The van der Waals surface area contributed by atoms with Gasteiger partial charge < -0.3 is 37.9 Å². The average molecular weight is 1930 g/mol. The fraction of sp³-hybridized carbons (Fsp3) is 0.529. The molecule has 137 heavy (non-hydrogen) atoms. The molecule has 1 fully saturated rings. The maximum absolute atomic E-state index is 12.0. The molecule has 0 N–H and O–H groups in total. The molecule has 8 aromatic rings. The zero-order chi connectivity index (χ0) is 104. The summed E-state index contributed by atoms with van der Waals surface area (Å²) in [6, 6.07) is 61.6.